The number of hydrogen-bond acceptors (Lipinski definition) is 0. The first-order chi connectivity index (χ1) is 10.6. The maximum Gasteiger partial charge on any atom is -0.0272 e. The molecule has 22 heavy (non-hydrogen) atoms. The molecule has 0 aromatic carbocycles. The molecule has 0 aliphatic heterocycles. The monoisotopic (exact) mass is 304 g/mol. The van der Waals surface area contributed by atoms with E-state index in [-0.39, 0.29) is 0 Å². The molecule has 4 aliphatic carbocycles. The minimum Gasteiger partial charge on any atom is -0.0625 e. The lowest BCUT2D eigenvalue weighted by Crippen LogP contribution is -2.26. The van der Waals surface area contributed by atoms with Gasteiger partial charge in [-0.05, 0) is 67.6 Å². The highest BCUT2D eigenvalue weighted by atomic mass is 14.5. The third-order valence-electron chi connectivity index (χ3n) is 8.06. The molecule has 0 nitrogen and oxygen atoms in total. The molecule has 0 aromatic heterocycles. The first-order valence-corrected chi connectivity index (χ1v) is 10.6. The fourth-order valence-electron chi connectivity index (χ4n) is 6.66. The molecule has 0 heteroatoms. The van der Waals surface area contributed by atoms with Crippen molar-refractivity contribution in [1.82, 2.24) is 0 Å². The van der Waals surface area contributed by atoms with Gasteiger partial charge in [0, 0.05) is 0 Å². The lowest BCUT2D eigenvalue weighted by molar-refractivity contribution is 0.139. The molecular formula is C22H40. The normalized spacial score (nSPS) is 36.3. The SMILES string of the molecule is CC1CCCC12CCCCC2.CC1CCCC2(CCCC2)C1. The van der Waals surface area contributed by atoms with Crippen molar-refractivity contribution in [2.75, 3.05) is 0 Å². The first-order valence-electron chi connectivity index (χ1n) is 10.6. The van der Waals surface area contributed by atoms with Gasteiger partial charge in [-0.1, -0.05) is 71.6 Å². The van der Waals surface area contributed by atoms with Gasteiger partial charge in [0.2, 0.25) is 0 Å². The van der Waals surface area contributed by atoms with Crippen LogP contribution in [0.25, 0.3) is 0 Å². The highest BCUT2D eigenvalue weighted by molar-refractivity contribution is 4.91. The Kier molecular flexibility index (Phi) is 5.56. The average molecular weight is 305 g/mol. The van der Waals surface area contributed by atoms with E-state index in [4.69, 9.17) is 0 Å². The van der Waals surface area contributed by atoms with Gasteiger partial charge in [-0.3, -0.25) is 0 Å². The van der Waals surface area contributed by atoms with Crippen LogP contribution in [0.15, 0.2) is 0 Å². The molecule has 2 spiro atoms. The van der Waals surface area contributed by atoms with E-state index in [9.17, 15) is 0 Å². The maximum absolute atomic E-state index is 2.48. The summed E-state index contributed by atoms with van der Waals surface area (Å²) in [5.74, 6) is 2.07. The van der Waals surface area contributed by atoms with E-state index in [1.165, 1.54) is 57.8 Å². The Morgan fingerprint density at radius 1 is 0.591 bits per heavy atom. The average Bonchev–Trinajstić information content (AvgIpc) is 3.09. The Bertz CT molecular complexity index is 330. The largest absolute Gasteiger partial charge is 0.0625 e. The summed E-state index contributed by atoms with van der Waals surface area (Å²) in [6, 6.07) is 0. The molecule has 4 fully saturated rings. The van der Waals surface area contributed by atoms with Gasteiger partial charge in [0.25, 0.3) is 0 Å². The number of hydrogen-bond donors (Lipinski definition) is 0. The Morgan fingerprint density at radius 2 is 1.14 bits per heavy atom. The van der Waals surface area contributed by atoms with Crippen LogP contribution >= 0.6 is 0 Å². The van der Waals surface area contributed by atoms with Gasteiger partial charge < -0.3 is 0 Å². The minimum atomic E-state index is 0.832. The Morgan fingerprint density at radius 3 is 1.73 bits per heavy atom. The van der Waals surface area contributed by atoms with Crippen LogP contribution in [0.3, 0.4) is 0 Å². The van der Waals surface area contributed by atoms with Gasteiger partial charge in [-0.15, -0.1) is 0 Å². The third kappa shape index (κ3) is 3.73. The summed E-state index contributed by atoms with van der Waals surface area (Å²) in [6.45, 7) is 4.93. The van der Waals surface area contributed by atoms with Gasteiger partial charge in [-0.2, -0.15) is 0 Å². The Hall–Kier alpha value is 0. The van der Waals surface area contributed by atoms with E-state index < -0.39 is 0 Å². The van der Waals surface area contributed by atoms with Crippen molar-refractivity contribution in [1.29, 1.82) is 0 Å². The highest BCUT2D eigenvalue weighted by Gasteiger charge is 2.40. The molecular weight excluding hydrogens is 264 g/mol. The lowest BCUT2D eigenvalue weighted by atomic mass is 9.68. The van der Waals surface area contributed by atoms with E-state index in [1.54, 1.807) is 44.9 Å². The van der Waals surface area contributed by atoms with Crippen LogP contribution in [0.4, 0.5) is 0 Å². The molecule has 0 saturated heterocycles. The van der Waals surface area contributed by atoms with Gasteiger partial charge in [-0.25, -0.2) is 0 Å². The van der Waals surface area contributed by atoms with Crippen LogP contribution in [0.5, 0.6) is 0 Å². The predicted molar refractivity (Wildman–Crippen MR) is 97.1 cm³/mol. The third-order valence-corrected chi connectivity index (χ3v) is 8.06. The fraction of sp³-hybridized carbons (Fsp3) is 1.00. The van der Waals surface area contributed by atoms with Crippen molar-refractivity contribution in [2.45, 2.75) is 117 Å². The second-order valence-corrected chi connectivity index (χ2v) is 9.62. The molecule has 4 saturated carbocycles. The maximum atomic E-state index is 2.48. The zero-order valence-electron chi connectivity index (χ0n) is 15.5. The molecule has 2 atom stereocenters. The van der Waals surface area contributed by atoms with E-state index in [0.717, 1.165) is 22.7 Å². The number of rotatable bonds is 0. The summed E-state index contributed by atoms with van der Waals surface area (Å²) in [4.78, 5) is 0. The van der Waals surface area contributed by atoms with E-state index in [1.807, 2.05) is 0 Å². The van der Waals surface area contributed by atoms with Crippen LogP contribution < -0.4 is 0 Å². The molecule has 4 aliphatic rings. The molecule has 0 bridgehead atoms. The van der Waals surface area contributed by atoms with Crippen molar-refractivity contribution >= 4 is 0 Å². The van der Waals surface area contributed by atoms with Crippen molar-refractivity contribution in [3.8, 4) is 0 Å². The van der Waals surface area contributed by atoms with Crippen molar-refractivity contribution in [3.05, 3.63) is 0 Å². The Balaban J connectivity index is 0.000000131. The van der Waals surface area contributed by atoms with E-state index >= 15 is 0 Å². The molecule has 0 heterocycles. The van der Waals surface area contributed by atoms with Crippen LogP contribution in [0.1, 0.15) is 117 Å². The molecule has 0 N–H and O–H groups in total. The molecule has 0 aromatic rings. The summed E-state index contributed by atoms with van der Waals surface area (Å²) in [6.07, 6.45) is 24.5. The van der Waals surface area contributed by atoms with E-state index in [2.05, 4.69) is 13.8 Å². The standard InChI is InChI=1S/2C11H20/c1-10-5-4-8-11(9-10)6-2-3-7-11;1-10-6-5-9-11(10)7-3-2-4-8-11/h2*10H,2-9H2,1H3. The summed E-state index contributed by atoms with van der Waals surface area (Å²) in [7, 11) is 0. The smallest absolute Gasteiger partial charge is 0.0272 e. The molecule has 0 radical (unpaired) electrons. The molecule has 4 rings (SSSR count). The Labute approximate surface area is 139 Å². The fourth-order valence-corrected chi connectivity index (χ4v) is 6.66. The van der Waals surface area contributed by atoms with Crippen LogP contribution in [0, 0.1) is 22.7 Å². The van der Waals surface area contributed by atoms with Gasteiger partial charge in [0.15, 0.2) is 0 Å². The zero-order valence-corrected chi connectivity index (χ0v) is 15.5. The van der Waals surface area contributed by atoms with Crippen LogP contribution in [0.2, 0.25) is 0 Å². The van der Waals surface area contributed by atoms with Gasteiger partial charge in [0.05, 0.1) is 0 Å². The second-order valence-electron chi connectivity index (χ2n) is 9.62. The van der Waals surface area contributed by atoms with Crippen LogP contribution in [-0.2, 0) is 0 Å². The summed E-state index contributed by atoms with van der Waals surface area (Å²) >= 11 is 0. The summed E-state index contributed by atoms with van der Waals surface area (Å²) < 4.78 is 0. The predicted octanol–water partition coefficient (Wildman–Crippen LogP) is 7.51. The van der Waals surface area contributed by atoms with Crippen molar-refractivity contribution in [2.24, 2.45) is 22.7 Å². The summed E-state index contributed by atoms with van der Waals surface area (Å²) in [5, 5.41) is 0. The quantitative estimate of drug-likeness (QED) is 0.434. The van der Waals surface area contributed by atoms with Crippen molar-refractivity contribution < 1.29 is 0 Å². The highest BCUT2D eigenvalue weighted by Crippen LogP contribution is 2.52. The second kappa shape index (κ2) is 7.27. The topological polar surface area (TPSA) is 0 Å². The van der Waals surface area contributed by atoms with E-state index in [0.29, 0.717) is 0 Å². The van der Waals surface area contributed by atoms with Gasteiger partial charge >= 0.3 is 0 Å². The molecule has 2 unspecified atom stereocenters. The van der Waals surface area contributed by atoms with Gasteiger partial charge in [0.1, 0.15) is 0 Å². The lowest BCUT2D eigenvalue weighted by Gasteiger charge is -2.37. The first kappa shape index (κ1) is 16.8. The van der Waals surface area contributed by atoms with Crippen molar-refractivity contribution in [3.63, 3.8) is 0 Å². The zero-order chi connectivity index (χ0) is 15.5. The summed E-state index contributed by atoms with van der Waals surface area (Å²) in [5.41, 5.74) is 1.68. The van der Waals surface area contributed by atoms with Crippen LogP contribution in [-0.4, -0.2) is 0 Å². The molecule has 128 valence electrons. The minimum absolute atomic E-state index is 0.832. The molecule has 0 amide bonds.